The summed E-state index contributed by atoms with van der Waals surface area (Å²) in [4.78, 5) is 46.0. The van der Waals surface area contributed by atoms with Crippen molar-refractivity contribution in [3.63, 3.8) is 0 Å². The molecule has 2 bridgehead atoms. The summed E-state index contributed by atoms with van der Waals surface area (Å²) in [5.74, 6) is -0.304. The SMILES string of the molecule is Cc1cccc(COc2ccc(Cl)cc2[C@@H]2c3sc(=O)[nH]c3S[C@@H]3[C@@H]4C[C@@H]([C@@H]5C(=O)N(c6ccc(Br)cc6)C(=O)[C@@H]45)[C@@H]23)c1. The summed E-state index contributed by atoms with van der Waals surface area (Å²) >= 11 is 13.0. The number of halogens is 2. The van der Waals surface area contributed by atoms with Crippen LogP contribution < -0.4 is 14.5 Å². The normalized spacial score (nSPS) is 28.6. The lowest BCUT2D eigenvalue weighted by Crippen LogP contribution is -2.42. The van der Waals surface area contributed by atoms with Crippen molar-refractivity contribution in [2.45, 2.75) is 36.1 Å². The molecule has 4 aliphatic rings. The number of anilines is 1. The van der Waals surface area contributed by atoms with E-state index >= 15 is 0 Å². The third kappa shape index (κ3) is 4.37. The van der Waals surface area contributed by atoms with E-state index in [0.29, 0.717) is 17.3 Å². The molecular weight excluding hydrogens is 668 g/mol. The lowest BCUT2D eigenvalue weighted by molar-refractivity contribution is -0.123. The standard InChI is InChI=1S/C33H26BrClN2O4S2/c1-15-3-2-4-16(11-15)14-41-23-10-7-18(35)12-20(23)24-25-21-13-22(28(25)42-30-29(24)43-33(40)36-30)27-26(21)31(38)37(32(27)39)19-8-5-17(34)6-9-19/h2-12,21-22,24-28H,13-14H2,1H3,(H,36,40)/t21-,22-,24+,25+,26+,27+,28-/m1/s1. The van der Waals surface area contributed by atoms with Gasteiger partial charge in [-0.3, -0.25) is 19.3 Å². The number of nitrogens with zero attached hydrogens (tertiary/aromatic N) is 1. The van der Waals surface area contributed by atoms with Gasteiger partial charge in [-0.15, -0.1) is 11.8 Å². The maximum absolute atomic E-state index is 14.0. The molecule has 218 valence electrons. The summed E-state index contributed by atoms with van der Waals surface area (Å²) < 4.78 is 7.36. The average Bonchev–Trinajstić information content (AvgIpc) is 3.72. The van der Waals surface area contributed by atoms with Crippen LogP contribution in [-0.2, 0) is 16.2 Å². The molecule has 1 aromatic heterocycles. The van der Waals surface area contributed by atoms with Crippen molar-refractivity contribution >= 4 is 68.1 Å². The van der Waals surface area contributed by atoms with Crippen LogP contribution in [0.3, 0.4) is 0 Å². The molecule has 1 N–H and O–H groups in total. The third-order valence-electron chi connectivity index (χ3n) is 9.59. The Morgan fingerprint density at radius 2 is 1.77 bits per heavy atom. The molecule has 2 amide bonds. The lowest BCUT2D eigenvalue weighted by Gasteiger charge is -2.43. The maximum Gasteiger partial charge on any atom is 0.305 e. The number of fused-ring (bicyclic) bond motifs is 9. The molecular formula is C33H26BrClN2O4S2. The van der Waals surface area contributed by atoms with E-state index in [2.05, 4.69) is 40.0 Å². The number of hydrogen-bond donors (Lipinski definition) is 1. The Kier molecular flexibility index (Phi) is 6.67. The Bertz CT molecular complexity index is 1860. The van der Waals surface area contributed by atoms with Crippen molar-refractivity contribution in [2.75, 3.05) is 4.90 Å². The van der Waals surface area contributed by atoms with Crippen LogP contribution in [0.2, 0.25) is 5.02 Å². The van der Waals surface area contributed by atoms with Gasteiger partial charge in [0.1, 0.15) is 12.4 Å². The van der Waals surface area contributed by atoms with E-state index in [-0.39, 0.29) is 57.4 Å². The fourth-order valence-electron chi connectivity index (χ4n) is 8.07. The summed E-state index contributed by atoms with van der Waals surface area (Å²) in [6.07, 6.45) is 0.818. The minimum Gasteiger partial charge on any atom is -0.489 e. The molecule has 10 heteroatoms. The smallest absolute Gasteiger partial charge is 0.305 e. The number of rotatable bonds is 5. The van der Waals surface area contributed by atoms with Crippen molar-refractivity contribution < 1.29 is 14.3 Å². The first-order valence-corrected chi connectivity index (χ1v) is 17.2. The number of aromatic nitrogens is 1. The molecule has 43 heavy (non-hydrogen) atoms. The van der Waals surface area contributed by atoms with E-state index in [0.717, 1.165) is 43.2 Å². The minimum absolute atomic E-state index is 0.00311. The van der Waals surface area contributed by atoms with E-state index in [1.807, 2.05) is 54.6 Å². The number of nitrogens with one attached hydrogen (secondary N) is 1. The molecule has 2 aliphatic carbocycles. The molecule has 3 heterocycles. The van der Waals surface area contributed by atoms with Gasteiger partial charge in [-0.1, -0.05) is 68.7 Å². The third-order valence-corrected chi connectivity index (χ3v) is 12.9. The molecule has 1 saturated heterocycles. The fourth-order valence-corrected chi connectivity index (χ4v) is 11.4. The summed E-state index contributed by atoms with van der Waals surface area (Å²) in [5, 5.41) is 1.53. The van der Waals surface area contributed by atoms with Crippen LogP contribution >= 0.6 is 50.6 Å². The molecule has 3 fully saturated rings. The van der Waals surface area contributed by atoms with Crippen molar-refractivity contribution in [1.29, 1.82) is 0 Å². The van der Waals surface area contributed by atoms with Gasteiger partial charge in [0.2, 0.25) is 11.8 Å². The van der Waals surface area contributed by atoms with Crippen molar-refractivity contribution in [3.05, 3.63) is 107 Å². The number of aryl methyl sites for hydroxylation is 1. The van der Waals surface area contributed by atoms with Gasteiger partial charge < -0.3 is 9.72 Å². The van der Waals surface area contributed by atoms with E-state index in [4.69, 9.17) is 16.3 Å². The van der Waals surface area contributed by atoms with Crippen LogP contribution in [0.25, 0.3) is 0 Å². The minimum atomic E-state index is -0.376. The van der Waals surface area contributed by atoms with E-state index in [9.17, 15) is 14.4 Å². The first kappa shape index (κ1) is 27.7. The highest BCUT2D eigenvalue weighted by Crippen LogP contribution is 2.69. The molecule has 8 rings (SSSR count). The second-order valence-corrected chi connectivity index (χ2v) is 15.5. The zero-order chi connectivity index (χ0) is 29.6. The highest BCUT2D eigenvalue weighted by molar-refractivity contribution is 9.10. The average molecular weight is 694 g/mol. The molecule has 7 atom stereocenters. The van der Waals surface area contributed by atoms with Gasteiger partial charge >= 0.3 is 4.87 Å². The Labute approximate surface area is 269 Å². The summed E-state index contributed by atoms with van der Waals surface area (Å²) in [7, 11) is 0. The number of benzene rings is 3. The van der Waals surface area contributed by atoms with Gasteiger partial charge in [-0.2, -0.15) is 0 Å². The van der Waals surface area contributed by atoms with Crippen LogP contribution in [0, 0.1) is 36.5 Å². The van der Waals surface area contributed by atoms with Crippen LogP contribution in [-0.4, -0.2) is 22.0 Å². The molecule has 0 unspecified atom stereocenters. The number of carbonyl (C=O) groups excluding carboxylic acids is 2. The number of hydrogen-bond acceptors (Lipinski definition) is 6. The van der Waals surface area contributed by atoms with Crippen molar-refractivity contribution in [3.8, 4) is 5.75 Å². The highest BCUT2D eigenvalue weighted by Gasteiger charge is 2.69. The molecule has 2 saturated carbocycles. The summed E-state index contributed by atoms with van der Waals surface area (Å²) in [5.41, 5.74) is 3.77. The summed E-state index contributed by atoms with van der Waals surface area (Å²) in [6, 6.07) is 21.3. The van der Waals surface area contributed by atoms with Crippen LogP contribution in [0.4, 0.5) is 5.69 Å². The Morgan fingerprint density at radius 1 is 1.00 bits per heavy atom. The van der Waals surface area contributed by atoms with E-state index in [1.54, 1.807) is 11.8 Å². The van der Waals surface area contributed by atoms with Crippen molar-refractivity contribution in [2.24, 2.45) is 29.6 Å². The largest absolute Gasteiger partial charge is 0.489 e. The lowest BCUT2D eigenvalue weighted by atomic mass is 9.68. The van der Waals surface area contributed by atoms with Gasteiger partial charge in [0.05, 0.1) is 22.5 Å². The number of ether oxygens (including phenoxy) is 1. The number of carbonyl (C=O) groups is 2. The molecule has 0 spiro atoms. The van der Waals surface area contributed by atoms with Gasteiger partial charge in [0.15, 0.2) is 0 Å². The zero-order valence-electron chi connectivity index (χ0n) is 23.0. The second-order valence-electron chi connectivity index (χ2n) is 11.9. The molecule has 3 aromatic carbocycles. The Hall–Kier alpha value is -2.85. The quantitative estimate of drug-likeness (QED) is 0.220. The fraction of sp³-hybridized carbons (Fsp3) is 0.303. The number of imide groups is 1. The first-order valence-electron chi connectivity index (χ1n) is 14.3. The van der Waals surface area contributed by atoms with Gasteiger partial charge in [0, 0.05) is 31.1 Å². The maximum atomic E-state index is 14.0. The number of amides is 2. The number of thiazole rings is 1. The summed E-state index contributed by atoms with van der Waals surface area (Å²) in [6.45, 7) is 2.45. The van der Waals surface area contributed by atoms with E-state index < -0.39 is 0 Å². The van der Waals surface area contributed by atoms with Crippen molar-refractivity contribution in [1.82, 2.24) is 4.98 Å². The predicted molar refractivity (Wildman–Crippen MR) is 172 cm³/mol. The number of H-pyrrole nitrogens is 1. The van der Waals surface area contributed by atoms with Crippen LogP contribution in [0.15, 0.2) is 81.0 Å². The van der Waals surface area contributed by atoms with Gasteiger partial charge in [-0.25, -0.2) is 0 Å². The van der Waals surface area contributed by atoms with E-state index in [1.165, 1.54) is 16.2 Å². The molecule has 6 nitrogen and oxygen atoms in total. The zero-order valence-corrected chi connectivity index (χ0v) is 26.9. The van der Waals surface area contributed by atoms with Crippen LogP contribution in [0.1, 0.15) is 33.9 Å². The highest BCUT2D eigenvalue weighted by atomic mass is 79.9. The number of aromatic amines is 1. The van der Waals surface area contributed by atoms with Crippen LogP contribution in [0.5, 0.6) is 5.75 Å². The topological polar surface area (TPSA) is 79.5 Å². The van der Waals surface area contributed by atoms with Gasteiger partial charge in [0.25, 0.3) is 0 Å². The molecule has 2 aliphatic heterocycles. The van der Waals surface area contributed by atoms with Gasteiger partial charge in [-0.05, 0) is 79.1 Å². The monoisotopic (exact) mass is 692 g/mol. The first-order chi connectivity index (χ1) is 20.8. The predicted octanol–water partition coefficient (Wildman–Crippen LogP) is 7.42. The second kappa shape index (κ2) is 10.4. The Balaban J connectivity index is 1.20. The number of thioether (sulfide) groups is 1. The molecule has 0 radical (unpaired) electrons. The molecule has 4 aromatic rings. The Morgan fingerprint density at radius 3 is 2.53 bits per heavy atom.